The Morgan fingerprint density at radius 2 is 1.86 bits per heavy atom. The molecule has 1 aliphatic carbocycles. The van der Waals surface area contributed by atoms with Gasteiger partial charge in [0.05, 0.1) is 5.52 Å². The van der Waals surface area contributed by atoms with E-state index < -0.39 is 0 Å². The average Bonchev–Trinajstić information content (AvgIpc) is 2.55. The molecule has 2 aromatic rings. The van der Waals surface area contributed by atoms with Crippen molar-refractivity contribution in [2.24, 2.45) is 0 Å². The highest BCUT2D eigenvalue weighted by molar-refractivity contribution is 5.80. The van der Waals surface area contributed by atoms with Crippen LogP contribution in [0.15, 0.2) is 36.4 Å². The molecule has 1 aliphatic rings. The van der Waals surface area contributed by atoms with E-state index in [9.17, 15) is 0 Å². The molecular weight excluding hydrogens is 258 g/mol. The first kappa shape index (κ1) is 14.3. The summed E-state index contributed by atoms with van der Waals surface area (Å²) < 4.78 is 0. The summed E-state index contributed by atoms with van der Waals surface area (Å²) >= 11 is 0. The zero-order valence-electron chi connectivity index (χ0n) is 13.0. The van der Waals surface area contributed by atoms with Crippen LogP contribution in [0.3, 0.4) is 0 Å². The van der Waals surface area contributed by atoms with Gasteiger partial charge in [0.1, 0.15) is 5.82 Å². The van der Waals surface area contributed by atoms with Gasteiger partial charge in [-0.3, -0.25) is 0 Å². The second-order valence-electron chi connectivity index (χ2n) is 6.04. The van der Waals surface area contributed by atoms with E-state index in [1.165, 1.54) is 31.1 Å². The number of anilines is 1. The molecule has 3 rings (SSSR count). The van der Waals surface area contributed by atoms with Crippen molar-refractivity contribution < 1.29 is 0 Å². The van der Waals surface area contributed by atoms with Crippen LogP contribution in [0.1, 0.15) is 32.6 Å². The summed E-state index contributed by atoms with van der Waals surface area (Å²) in [5.74, 6) is 1.10. The number of nitrogens with one attached hydrogen (secondary N) is 1. The summed E-state index contributed by atoms with van der Waals surface area (Å²) in [6.45, 7) is 3.27. The smallest absolute Gasteiger partial charge is 0.129 e. The summed E-state index contributed by atoms with van der Waals surface area (Å²) in [6, 6.07) is 14.0. The lowest BCUT2D eigenvalue weighted by Crippen LogP contribution is -2.41. The molecule has 0 radical (unpaired) electrons. The van der Waals surface area contributed by atoms with E-state index in [-0.39, 0.29) is 0 Å². The van der Waals surface area contributed by atoms with Crippen molar-refractivity contribution in [3.8, 4) is 0 Å². The van der Waals surface area contributed by atoms with E-state index in [0.29, 0.717) is 12.1 Å². The average molecular weight is 283 g/mol. The van der Waals surface area contributed by atoms with Crippen LogP contribution >= 0.6 is 0 Å². The molecule has 0 spiro atoms. The largest absolute Gasteiger partial charge is 0.357 e. The maximum absolute atomic E-state index is 4.82. The third kappa shape index (κ3) is 3.18. The van der Waals surface area contributed by atoms with E-state index in [1.807, 2.05) is 0 Å². The molecule has 1 heterocycles. The molecule has 3 heteroatoms. The van der Waals surface area contributed by atoms with Crippen LogP contribution in [-0.4, -0.2) is 30.7 Å². The third-order valence-corrected chi connectivity index (χ3v) is 4.68. The van der Waals surface area contributed by atoms with Gasteiger partial charge in [0.2, 0.25) is 0 Å². The fourth-order valence-corrected chi connectivity index (χ4v) is 3.39. The van der Waals surface area contributed by atoms with Crippen molar-refractivity contribution in [3.63, 3.8) is 0 Å². The number of benzene rings is 1. The van der Waals surface area contributed by atoms with Gasteiger partial charge in [-0.2, -0.15) is 0 Å². The highest BCUT2D eigenvalue weighted by Crippen LogP contribution is 2.26. The third-order valence-electron chi connectivity index (χ3n) is 4.68. The number of nitrogens with zero attached hydrogens (tertiary/aromatic N) is 2. The Morgan fingerprint density at radius 1 is 1.10 bits per heavy atom. The van der Waals surface area contributed by atoms with Crippen molar-refractivity contribution in [1.29, 1.82) is 0 Å². The normalized spacial score (nSPS) is 22.4. The van der Waals surface area contributed by atoms with Gasteiger partial charge < -0.3 is 10.2 Å². The fraction of sp³-hybridized carbons (Fsp3) is 0.500. The lowest BCUT2D eigenvalue weighted by atomic mass is 9.90. The Kier molecular flexibility index (Phi) is 4.39. The van der Waals surface area contributed by atoms with Crippen LogP contribution in [0.25, 0.3) is 10.9 Å². The summed E-state index contributed by atoms with van der Waals surface area (Å²) in [7, 11) is 2.19. The van der Waals surface area contributed by atoms with Crippen LogP contribution in [0.5, 0.6) is 0 Å². The molecule has 1 saturated carbocycles. The second kappa shape index (κ2) is 6.44. The fourth-order valence-electron chi connectivity index (χ4n) is 3.39. The molecule has 0 atom stereocenters. The Balaban J connectivity index is 1.70. The Labute approximate surface area is 127 Å². The minimum Gasteiger partial charge on any atom is -0.357 e. The van der Waals surface area contributed by atoms with Crippen LogP contribution in [0.4, 0.5) is 5.82 Å². The molecule has 1 N–H and O–H groups in total. The number of hydrogen-bond acceptors (Lipinski definition) is 3. The van der Waals surface area contributed by atoms with Gasteiger partial charge in [-0.15, -0.1) is 0 Å². The van der Waals surface area contributed by atoms with Gasteiger partial charge in [0.15, 0.2) is 0 Å². The highest BCUT2D eigenvalue weighted by Gasteiger charge is 2.24. The molecule has 0 amide bonds. The first-order valence-corrected chi connectivity index (χ1v) is 8.10. The molecule has 0 unspecified atom stereocenters. The summed E-state index contributed by atoms with van der Waals surface area (Å²) in [5, 5.41) is 4.79. The van der Waals surface area contributed by atoms with Gasteiger partial charge >= 0.3 is 0 Å². The number of pyridine rings is 1. The van der Waals surface area contributed by atoms with Gasteiger partial charge in [0, 0.05) is 24.5 Å². The van der Waals surface area contributed by atoms with Crippen LogP contribution in [0.2, 0.25) is 0 Å². The van der Waals surface area contributed by atoms with E-state index in [0.717, 1.165) is 17.9 Å². The lowest BCUT2D eigenvalue weighted by molar-refractivity contribution is 0.341. The molecule has 3 nitrogen and oxygen atoms in total. The minimum atomic E-state index is 0.619. The van der Waals surface area contributed by atoms with E-state index in [2.05, 4.69) is 60.6 Å². The first-order valence-electron chi connectivity index (χ1n) is 8.10. The standard InChI is InChI=1S/C18H25N3/c1-3-19-15-9-11-16(12-10-15)21(2)18-13-8-14-6-4-5-7-17(14)20-18/h4-8,13,15-16,19H,3,9-12H2,1-2H3. The van der Waals surface area contributed by atoms with Crippen molar-refractivity contribution in [1.82, 2.24) is 10.3 Å². The Morgan fingerprint density at radius 3 is 2.62 bits per heavy atom. The van der Waals surface area contributed by atoms with Crippen LogP contribution in [0, 0.1) is 0 Å². The molecule has 0 saturated heterocycles. The lowest BCUT2D eigenvalue weighted by Gasteiger charge is -2.35. The number of para-hydroxylation sites is 1. The zero-order chi connectivity index (χ0) is 14.7. The number of hydrogen-bond donors (Lipinski definition) is 1. The molecule has 1 fully saturated rings. The van der Waals surface area contributed by atoms with Gasteiger partial charge in [-0.1, -0.05) is 25.1 Å². The Hall–Kier alpha value is -1.61. The molecule has 0 bridgehead atoms. The van der Waals surface area contributed by atoms with E-state index in [1.54, 1.807) is 0 Å². The minimum absolute atomic E-state index is 0.619. The summed E-state index contributed by atoms with van der Waals surface area (Å²) in [6.07, 6.45) is 5.05. The number of fused-ring (bicyclic) bond motifs is 1. The van der Waals surface area contributed by atoms with Gasteiger partial charge in [-0.05, 0) is 50.4 Å². The zero-order valence-corrected chi connectivity index (χ0v) is 13.0. The maximum atomic E-state index is 4.82. The molecule has 21 heavy (non-hydrogen) atoms. The van der Waals surface area contributed by atoms with E-state index >= 15 is 0 Å². The SMILES string of the molecule is CCNC1CCC(N(C)c2ccc3ccccc3n2)CC1. The van der Waals surface area contributed by atoms with Crippen LogP contribution < -0.4 is 10.2 Å². The number of aromatic nitrogens is 1. The van der Waals surface area contributed by atoms with Crippen molar-refractivity contribution in [3.05, 3.63) is 36.4 Å². The van der Waals surface area contributed by atoms with Crippen LogP contribution in [-0.2, 0) is 0 Å². The maximum Gasteiger partial charge on any atom is 0.129 e. The predicted octanol–water partition coefficient (Wildman–Crippen LogP) is 3.59. The first-order chi connectivity index (χ1) is 10.3. The molecule has 0 aliphatic heterocycles. The van der Waals surface area contributed by atoms with Gasteiger partial charge in [-0.25, -0.2) is 4.98 Å². The molecule has 112 valence electrons. The summed E-state index contributed by atoms with van der Waals surface area (Å²) in [4.78, 5) is 7.19. The van der Waals surface area contributed by atoms with E-state index in [4.69, 9.17) is 4.98 Å². The molecule has 1 aromatic heterocycles. The quantitative estimate of drug-likeness (QED) is 0.929. The molecule has 1 aromatic carbocycles. The van der Waals surface area contributed by atoms with Crippen molar-refractivity contribution in [2.45, 2.75) is 44.7 Å². The van der Waals surface area contributed by atoms with Gasteiger partial charge in [0.25, 0.3) is 0 Å². The monoisotopic (exact) mass is 283 g/mol. The second-order valence-corrected chi connectivity index (χ2v) is 6.04. The summed E-state index contributed by atoms with van der Waals surface area (Å²) in [5.41, 5.74) is 1.09. The Bertz CT molecular complexity index is 588. The topological polar surface area (TPSA) is 28.2 Å². The van der Waals surface area contributed by atoms with Crippen molar-refractivity contribution >= 4 is 16.7 Å². The highest BCUT2D eigenvalue weighted by atomic mass is 15.2. The van der Waals surface area contributed by atoms with Crippen molar-refractivity contribution in [2.75, 3.05) is 18.5 Å². The molecular formula is C18H25N3. The predicted molar refractivity (Wildman–Crippen MR) is 89.9 cm³/mol. The number of rotatable bonds is 4.